The van der Waals surface area contributed by atoms with Crippen LogP contribution in [-0.4, -0.2) is 32.2 Å². The Labute approximate surface area is 113 Å². The molecule has 2 aliphatic heterocycles. The Hall–Kier alpha value is -1.39. The van der Waals surface area contributed by atoms with Crippen LogP contribution >= 0.6 is 0 Å². The first-order valence-electron chi connectivity index (χ1n) is 6.82. The van der Waals surface area contributed by atoms with E-state index in [-0.39, 0.29) is 17.2 Å². The molecule has 4 nitrogen and oxygen atoms in total. The molecule has 102 valence electrons. The summed E-state index contributed by atoms with van der Waals surface area (Å²) in [4.78, 5) is 12.4. The maximum Gasteiger partial charge on any atom is 0.228 e. The molecule has 19 heavy (non-hydrogen) atoms. The topological polar surface area (TPSA) is 50.4 Å². The van der Waals surface area contributed by atoms with Crippen LogP contribution in [0.5, 0.6) is 0 Å². The van der Waals surface area contributed by atoms with Crippen molar-refractivity contribution in [3.63, 3.8) is 0 Å². The summed E-state index contributed by atoms with van der Waals surface area (Å²) in [6.45, 7) is 5.90. The van der Waals surface area contributed by atoms with Crippen molar-refractivity contribution in [2.24, 2.45) is 5.41 Å². The predicted octanol–water partition coefficient (Wildman–Crippen LogP) is 1.03. The van der Waals surface area contributed by atoms with Crippen molar-refractivity contribution < 1.29 is 9.53 Å². The van der Waals surface area contributed by atoms with E-state index in [1.54, 1.807) is 0 Å². The van der Waals surface area contributed by atoms with Gasteiger partial charge in [0.25, 0.3) is 0 Å². The molecule has 1 atom stereocenters. The highest BCUT2D eigenvalue weighted by Gasteiger charge is 2.35. The molecule has 1 aromatic rings. The second-order valence-electron chi connectivity index (χ2n) is 5.90. The molecule has 0 aromatic heterocycles. The molecule has 1 fully saturated rings. The highest BCUT2D eigenvalue weighted by molar-refractivity contribution is 5.84. The number of amides is 1. The quantitative estimate of drug-likeness (QED) is 0.853. The first kappa shape index (κ1) is 12.6. The molecule has 4 heteroatoms. The number of ether oxygens (including phenoxy) is 1. The smallest absolute Gasteiger partial charge is 0.228 e. The molecule has 1 aromatic carbocycles. The minimum Gasteiger partial charge on any atom is -0.380 e. The number of carbonyl (C=O) groups is 1. The van der Waals surface area contributed by atoms with E-state index in [4.69, 9.17) is 4.74 Å². The van der Waals surface area contributed by atoms with Gasteiger partial charge in [-0.05, 0) is 11.1 Å². The number of fused-ring (bicyclic) bond motifs is 1. The van der Waals surface area contributed by atoms with Crippen LogP contribution in [0.15, 0.2) is 24.3 Å². The Balaban J connectivity index is 1.67. The van der Waals surface area contributed by atoms with E-state index in [1.165, 1.54) is 5.56 Å². The van der Waals surface area contributed by atoms with Gasteiger partial charge in [0.1, 0.15) is 0 Å². The van der Waals surface area contributed by atoms with Gasteiger partial charge in [-0.2, -0.15) is 0 Å². The minimum atomic E-state index is -0.0745. The van der Waals surface area contributed by atoms with E-state index >= 15 is 0 Å². The van der Waals surface area contributed by atoms with Gasteiger partial charge in [0.2, 0.25) is 5.91 Å². The zero-order valence-electron chi connectivity index (χ0n) is 11.2. The Morgan fingerprint density at radius 3 is 3.00 bits per heavy atom. The Morgan fingerprint density at radius 2 is 2.26 bits per heavy atom. The van der Waals surface area contributed by atoms with E-state index in [0.717, 1.165) is 31.9 Å². The first-order chi connectivity index (χ1) is 9.18. The summed E-state index contributed by atoms with van der Waals surface area (Å²) >= 11 is 0. The molecule has 0 saturated carbocycles. The molecule has 1 unspecified atom stereocenters. The van der Waals surface area contributed by atoms with E-state index in [0.29, 0.717) is 6.54 Å². The van der Waals surface area contributed by atoms with Gasteiger partial charge in [0.15, 0.2) is 0 Å². The molecular formula is C15H20N2O2. The summed E-state index contributed by atoms with van der Waals surface area (Å²) in [6.07, 6.45) is 0. The largest absolute Gasteiger partial charge is 0.380 e. The lowest BCUT2D eigenvalue weighted by Crippen LogP contribution is -2.50. The number of benzene rings is 1. The highest BCUT2D eigenvalue weighted by atomic mass is 16.5. The molecule has 0 spiro atoms. The van der Waals surface area contributed by atoms with Gasteiger partial charge in [0, 0.05) is 25.0 Å². The molecule has 2 N–H and O–H groups in total. The van der Waals surface area contributed by atoms with Gasteiger partial charge in [-0.15, -0.1) is 0 Å². The average Bonchev–Trinajstić information content (AvgIpc) is 2.42. The molecular weight excluding hydrogens is 240 g/mol. The molecule has 2 heterocycles. The van der Waals surface area contributed by atoms with E-state index < -0.39 is 0 Å². The molecule has 2 aliphatic rings. The van der Waals surface area contributed by atoms with Crippen LogP contribution in [0.2, 0.25) is 0 Å². The monoisotopic (exact) mass is 260 g/mol. The van der Waals surface area contributed by atoms with Gasteiger partial charge in [-0.3, -0.25) is 4.79 Å². The fourth-order valence-electron chi connectivity index (χ4n) is 2.71. The van der Waals surface area contributed by atoms with Crippen molar-refractivity contribution in [3.05, 3.63) is 35.4 Å². The third kappa shape index (κ3) is 2.51. The van der Waals surface area contributed by atoms with Gasteiger partial charge >= 0.3 is 0 Å². The number of carbonyl (C=O) groups excluding carboxylic acids is 1. The van der Waals surface area contributed by atoms with Gasteiger partial charge in [-0.1, -0.05) is 31.2 Å². The van der Waals surface area contributed by atoms with Crippen LogP contribution < -0.4 is 10.6 Å². The molecule has 0 radical (unpaired) electrons. The second-order valence-corrected chi connectivity index (χ2v) is 5.90. The summed E-state index contributed by atoms with van der Waals surface area (Å²) in [5.41, 5.74) is 2.51. The Kier molecular flexibility index (Phi) is 3.29. The summed E-state index contributed by atoms with van der Waals surface area (Å²) in [5, 5.41) is 6.39. The zero-order chi connectivity index (χ0) is 13.3. The third-order valence-electron chi connectivity index (χ3n) is 4.00. The predicted molar refractivity (Wildman–Crippen MR) is 72.8 cm³/mol. The van der Waals surface area contributed by atoms with Crippen molar-refractivity contribution in [3.8, 4) is 0 Å². The van der Waals surface area contributed by atoms with Crippen molar-refractivity contribution in [2.75, 3.05) is 26.3 Å². The van der Waals surface area contributed by atoms with Crippen LogP contribution in [0.25, 0.3) is 0 Å². The van der Waals surface area contributed by atoms with Crippen molar-refractivity contribution >= 4 is 5.91 Å². The molecule has 1 amide bonds. The van der Waals surface area contributed by atoms with Gasteiger partial charge in [-0.25, -0.2) is 0 Å². The van der Waals surface area contributed by atoms with Crippen LogP contribution in [0.1, 0.15) is 24.0 Å². The number of rotatable bonds is 3. The van der Waals surface area contributed by atoms with Crippen molar-refractivity contribution in [1.82, 2.24) is 10.6 Å². The fraction of sp³-hybridized carbons (Fsp3) is 0.533. The standard InChI is InChI=1S/C15H20N2O2/c1-15(9-19-10-15)8-17-14(18)13-7-16-6-11-4-2-3-5-12(11)13/h2-5,13,16H,6-10H2,1H3,(H,17,18). The van der Waals surface area contributed by atoms with Gasteiger partial charge in [0.05, 0.1) is 19.1 Å². The Bertz CT molecular complexity index is 483. The SMILES string of the molecule is CC1(CNC(=O)C2CNCc3ccccc32)COC1. The summed E-state index contributed by atoms with van der Waals surface area (Å²) in [6, 6.07) is 8.18. The summed E-state index contributed by atoms with van der Waals surface area (Å²) in [5.74, 6) is 0.0438. The minimum absolute atomic E-state index is 0.0745. The van der Waals surface area contributed by atoms with Crippen LogP contribution in [0.4, 0.5) is 0 Å². The average molecular weight is 260 g/mol. The zero-order valence-corrected chi connectivity index (χ0v) is 11.2. The van der Waals surface area contributed by atoms with Crippen LogP contribution in [0.3, 0.4) is 0 Å². The van der Waals surface area contributed by atoms with Gasteiger partial charge < -0.3 is 15.4 Å². The molecule has 1 saturated heterocycles. The second kappa shape index (κ2) is 4.94. The lowest BCUT2D eigenvalue weighted by atomic mass is 9.87. The normalized spacial score (nSPS) is 24.2. The van der Waals surface area contributed by atoms with Crippen LogP contribution in [-0.2, 0) is 16.1 Å². The first-order valence-corrected chi connectivity index (χ1v) is 6.82. The van der Waals surface area contributed by atoms with Crippen LogP contribution in [0, 0.1) is 5.41 Å². The maximum absolute atomic E-state index is 12.4. The third-order valence-corrected chi connectivity index (χ3v) is 4.00. The molecule has 0 aliphatic carbocycles. The number of hydrogen-bond acceptors (Lipinski definition) is 3. The summed E-state index contributed by atoms with van der Waals surface area (Å²) in [7, 11) is 0. The number of nitrogens with one attached hydrogen (secondary N) is 2. The van der Waals surface area contributed by atoms with E-state index in [1.807, 2.05) is 12.1 Å². The summed E-state index contributed by atoms with van der Waals surface area (Å²) < 4.78 is 5.21. The lowest BCUT2D eigenvalue weighted by molar-refractivity contribution is -0.128. The lowest BCUT2D eigenvalue weighted by Gasteiger charge is -2.38. The van der Waals surface area contributed by atoms with E-state index in [2.05, 4.69) is 29.7 Å². The highest BCUT2D eigenvalue weighted by Crippen LogP contribution is 2.27. The Morgan fingerprint density at radius 1 is 1.47 bits per heavy atom. The van der Waals surface area contributed by atoms with Crippen molar-refractivity contribution in [1.29, 1.82) is 0 Å². The maximum atomic E-state index is 12.4. The van der Waals surface area contributed by atoms with E-state index in [9.17, 15) is 4.79 Å². The fourth-order valence-corrected chi connectivity index (χ4v) is 2.71. The number of hydrogen-bond donors (Lipinski definition) is 2. The van der Waals surface area contributed by atoms with Crippen molar-refractivity contribution in [2.45, 2.75) is 19.4 Å². The molecule has 0 bridgehead atoms. The molecule has 3 rings (SSSR count).